The van der Waals surface area contributed by atoms with E-state index in [-0.39, 0.29) is 5.78 Å². The molecule has 0 heterocycles. The minimum atomic E-state index is -4.42. The van der Waals surface area contributed by atoms with Gasteiger partial charge in [-0.05, 0) is 34.4 Å². The highest BCUT2D eigenvalue weighted by Crippen LogP contribution is 2.42. The standard InChI is InChI=1S/C20H11F3O/c21-20(22,23)13-6-3-5-12(11-13)14-9-4-10-16-15-7-1-2-8-17(15)19(24)18(14)16/h1-11H. The van der Waals surface area contributed by atoms with Gasteiger partial charge >= 0.3 is 6.18 Å². The molecule has 0 aromatic heterocycles. The zero-order chi connectivity index (χ0) is 16.9. The molecule has 0 saturated heterocycles. The van der Waals surface area contributed by atoms with Gasteiger partial charge in [-0.15, -0.1) is 0 Å². The fourth-order valence-electron chi connectivity index (χ4n) is 3.18. The monoisotopic (exact) mass is 324 g/mol. The smallest absolute Gasteiger partial charge is 0.289 e. The number of fused-ring (bicyclic) bond motifs is 3. The molecule has 1 aliphatic rings. The van der Waals surface area contributed by atoms with Crippen LogP contribution in [-0.2, 0) is 6.18 Å². The average Bonchev–Trinajstić information content (AvgIpc) is 2.88. The van der Waals surface area contributed by atoms with E-state index in [2.05, 4.69) is 0 Å². The third-order valence-electron chi connectivity index (χ3n) is 4.25. The molecule has 0 aliphatic heterocycles. The van der Waals surface area contributed by atoms with Gasteiger partial charge in [0.2, 0.25) is 0 Å². The van der Waals surface area contributed by atoms with Crippen molar-refractivity contribution in [3.05, 3.63) is 83.4 Å². The van der Waals surface area contributed by atoms with Crippen molar-refractivity contribution in [2.45, 2.75) is 6.18 Å². The molecule has 0 fully saturated rings. The second kappa shape index (κ2) is 5.06. The first kappa shape index (κ1) is 14.7. The predicted octanol–water partition coefficient (Wildman–Crippen LogP) is 5.58. The van der Waals surface area contributed by atoms with Crippen molar-refractivity contribution in [2.75, 3.05) is 0 Å². The molecular formula is C20H11F3O. The molecule has 0 radical (unpaired) electrons. The lowest BCUT2D eigenvalue weighted by Crippen LogP contribution is -2.05. The van der Waals surface area contributed by atoms with Crippen molar-refractivity contribution >= 4 is 5.78 Å². The third kappa shape index (κ3) is 2.14. The van der Waals surface area contributed by atoms with Crippen molar-refractivity contribution in [3.63, 3.8) is 0 Å². The number of carbonyl (C=O) groups excluding carboxylic acids is 1. The Balaban J connectivity index is 1.94. The van der Waals surface area contributed by atoms with Crippen LogP contribution < -0.4 is 0 Å². The quantitative estimate of drug-likeness (QED) is 0.446. The van der Waals surface area contributed by atoms with Crippen LogP contribution >= 0.6 is 0 Å². The summed E-state index contributed by atoms with van der Waals surface area (Å²) >= 11 is 0. The predicted molar refractivity (Wildman–Crippen MR) is 85.7 cm³/mol. The topological polar surface area (TPSA) is 17.1 Å². The number of halogens is 3. The summed E-state index contributed by atoms with van der Waals surface area (Å²) in [6.45, 7) is 0. The Kier molecular flexibility index (Phi) is 3.10. The maximum Gasteiger partial charge on any atom is 0.416 e. The normalized spacial score (nSPS) is 12.9. The SMILES string of the molecule is O=C1c2ccccc2-c2cccc(-c3cccc(C(F)(F)F)c3)c21. The maximum absolute atomic E-state index is 13.0. The van der Waals surface area contributed by atoms with Crippen LogP contribution in [0, 0.1) is 0 Å². The van der Waals surface area contributed by atoms with Gasteiger partial charge in [-0.1, -0.05) is 54.6 Å². The molecule has 3 aromatic rings. The van der Waals surface area contributed by atoms with Crippen LogP contribution in [0.4, 0.5) is 13.2 Å². The Morgan fingerprint density at radius 2 is 1.29 bits per heavy atom. The van der Waals surface area contributed by atoms with Crippen LogP contribution in [0.15, 0.2) is 66.7 Å². The number of carbonyl (C=O) groups is 1. The number of alkyl halides is 3. The fourth-order valence-corrected chi connectivity index (χ4v) is 3.18. The lowest BCUT2D eigenvalue weighted by atomic mass is 9.94. The van der Waals surface area contributed by atoms with E-state index in [1.807, 2.05) is 18.2 Å². The summed E-state index contributed by atoms with van der Waals surface area (Å²) in [6, 6.07) is 17.6. The van der Waals surface area contributed by atoms with Gasteiger partial charge in [0, 0.05) is 11.1 Å². The third-order valence-corrected chi connectivity index (χ3v) is 4.25. The summed E-state index contributed by atoms with van der Waals surface area (Å²) in [5.74, 6) is -0.145. The van der Waals surface area contributed by atoms with Crippen molar-refractivity contribution in [1.29, 1.82) is 0 Å². The zero-order valence-corrected chi connectivity index (χ0v) is 12.4. The van der Waals surface area contributed by atoms with E-state index < -0.39 is 11.7 Å². The minimum Gasteiger partial charge on any atom is -0.289 e. The van der Waals surface area contributed by atoms with Gasteiger partial charge in [0.15, 0.2) is 5.78 Å². The lowest BCUT2D eigenvalue weighted by molar-refractivity contribution is -0.137. The summed E-state index contributed by atoms with van der Waals surface area (Å²) in [5.41, 5.74) is 2.85. The Labute approximate surface area is 136 Å². The molecule has 4 rings (SSSR count). The Bertz CT molecular complexity index is 971. The van der Waals surface area contributed by atoms with Gasteiger partial charge in [0.05, 0.1) is 5.56 Å². The molecule has 0 amide bonds. The van der Waals surface area contributed by atoms with E-state index in [9.17, 15) is 18.0 Å². The first-order valence-electron chi connectivity index (χ1n) is 7.41. The van der Waals surface area contributed by atoms with Crippen LogP contribution in [0.5, 0.6) is 0 Å². The van der Waals surface area contributed by atoms with Gasteiger partial charge in [0.1, 0.15) is 0 Å². The Morgan fingerprint density at radius 1 is 0.667 bits per heavy atom. The van der Waals surface area contributed by atoms with Crippen LogP contribution in [-0.4, -0.2) is 5.78 Å². The van der Waals surface area contributed by atoms with Gasteiger partial charge < -0.3 is 0 Å². The number of hydrogen-bond donors (Lipinski definition) is 0. The van der Waals surface area contributed by atoms with Gasteiger partial charge in [-0.2, -0.15) is 13.2 Å². The Morgan fingerprint density at radius 3 is 2.04 bits per heavy atom. The van der Waals surface area contributed by atoms with Crippen molar-refractivity contribution < 1.29 is 18.0 Å². The van der Waals surface area contributed by atoms with E-state index in [1.54, 1.807) is 30.3 Å². The van der Waals surface area contributed by atoms with E-state index in [4.69, 9.17) is 0 Å². The highest BCUT2D eigenvalue weighted by Gasteiger charge is 2.32. The number of hydrogen-bond acceptors (Lipinski definition) is 1. The van der Waals surface area contributed by atoms with E-state index >= 15 is 0 Å². The molecule has 0 spiro atoms. The van der Waals surface area contributed by atoms with Gasteiger partial charge in [-0.25, -0.2) is 0 Å². The largest absolute Gasteiger partial charge is 0.416 e. The van der Waals surface area contributed by atoms with Crippen LogP contribution in [0.2, 0.25) is 0 Å². The minimum absolute atomic E-state index is 0.145. The van der Waals surface area contributed by atoms with Crippen LogP contribution in [0.3, 0.4) is 0 Å². The summed E-state index contributed by atoms with van der Waals surface area (Å²) in [7, 11) is 0. The van der Waals surface area contributed by atoms with Crippen molar-refractivity contribution in [2.24, 2.45) is 0 Å². The highest BCUT2D eigenvalue weighted by atomic mass is 19.4. The first-order chi connectivity index (χ1) is 11.5. The van der Waals surface area contributed by atoms with Crippen molar-refractivity contribution in [3.8, 4) is 22.3 Å². The number of rotatable bonds is 1. The highest BCUT2D eigenvalue weighted by molar-refractivity contribution is 6.24. The molecular weight excluding hydrogens is 313 g/mol. The van der Waals surface area contributed by atoms with Crippen molar-refractivity contribution in [1.82, 2.24) is 0 Å². The van der Waals surface area contributed by atoms with E-state index in [0.29, 0.717) is 22.3 Å². The maximum atomic E-state index is 13.0. The zero-order valence-electron chi connectivity index (χ0n) is 12.4. The molecule has 4 heteroatoms. The van der Waals surface area contributed by atoms with Crippen LogP contribution in [0.25, 0.3) is 22.3 Å². The molecule has 0 atom stereocenters. The average molecular weight is 324 g/mol. The molecule has 24 heavy (non-hydrogen) atoms. The molecule has 1 nitrogen and oxygen atoms in total. The molecule has 1 aliphatic carbocycles. The number of benzene rings is 3. The molecule has 0 N–H and O–H groups in total. The second-order valence-corrected chi connectivity index (χ2v) is 5.68. The summed E-state index contributed by atoms with van der Waals surface area (Å²) in [5, 5.41) is 0. The van der Waals surface area contributed by atoms with E-state index in [0.717, 1.165) is 23.3 Å². The fraction of sp³-hybridized carbons (Fsp3) is 0.0500. The molecule has 0 bridgehead atoms. The van der Waals surface area contributed by atoms with Crippen LogP contribution in [0.1, 0.15) is 21.5 Å². The van der Waals surface area contributed by atoms with Gasteiger partial charge in [0.25, 0.3) is 0 Å². The first-order valence-corrected chi connectivity index (χ1v) is 7.41. The molecule has 0 unspecified atom stereocenters. The number of ketones is 1. The molecule has 0 saturated carbocycles. The van der Waals surface area contributed by atoms with Gasteiger partial charge in [-0.3, -0.25) is 4.79 Å². The Hall–Kier alpha value is -2.88. The summed E-state index contributed by atoms with van der Waals surface area (Å²) in [4.78, 5) is 12.7. The van der Waals surface area contributed by atoms with E-state index in [1.165, 1.54) is 6.07 Å². The summed E-state index contributed by atoms with van der Waals surface area (Å²) < 4.78 is 38.9. The molecule has 118 valence electrons. The lowest BCUT2D eigenvalue weighted by Gasteiger charge is -2.11. The summed E-state index contributed by atoms with van der Waals surface area (Å²) in [6.07, 6.45) is -4.42. The second-order valence-electron chi connectivity index (χ2n) is 5.68. The molecule has 3 aromatic carbocycles.